The van der Waals surface area contributed by atoms with Crippen molar-refractivity contribution >= 4 is 17.4 Å². The van der Waals surface area contributed by atoms with Gasteiger partial charge in [-0.25, -0.2) is 4.98 Å². The highest BCUT2D eigenvalue weighted by atomic mass is 32.2. The van der Waals surface area contributed by atoms with E-state index in [1.165, 1.54) is 30.0 Å². The Bertz CT molecular complexity index is 894. The van der Waals surface area contributed by atoms with Crippen molar-refractivity contribution < 1.29 is 4.92 Å². The largest absolute Gasteiger partial charge is 0.270 e. The Hall–Kier alpha value is -2.90. The molecule has 7 heteroatoms. The quantitative estimate of drug-likeness (QED) is 0.628. The van der Waals surface area contributed by atoms with E-state index in [-0.39, 0.29) is 11.3 Å². The fraction of sp³-hybridized carbons (Fsp3) is 0.188. The molecule has 23 heavy (non-hydrogen) atoms. The maximum absolute atomic E-state index is 10.8. The zero-order chi connectivity index (χ0) is 17.1. The van der Waals surface area contributed by atoms with E-state index < -0.39 is 4.92 Å². The molecule has 0 amide bonds. The van der Waals surface area contributed by atoms with Crippen molar-refractivity contribution in [3.8, 4) is 12.1 Å². The zero-order valence-electron chi connectivity index (χ0n) is 12.7. The van der Waals surface area contributed by atoms with Crippen molar-refractivity contribution in [3.63, 3.8) is 0 Å². The summed E-state index contributed by atoms with van der Waals surface area (Å²) in [6.45, 7) is 5.61. The van der Waals surface area contributed by atoms with E-state index in [1.807, 2.05) is 26.8 Å². The van der Waals surface area contributed by atoms with E-state index in [0.717, 1.165) is 16.8 Å². The third kappa shape index (κ3) is 3.15. The number of aryl methyl sites for hydroxylation is 1. The van der Waals surface area contributed by atoms with Crippen LogP contribution in [0.2, 0.25) is 0 Å². The lowest BCUT2D eigenvalue weighted by Gasteiger charge is -2.11. The minimum Gasteiger partial charge on any atom is -0.258 e. The molecule has 114 valence electrons. The molecular weight excluding hydrogens is 312 g/mol. The van der Waals surface area contributed by atoms with Gasteiger partial charge < -0.3 is 0 Å². The molecule has 0 saturated heterocycles. The van der Waals surface area contributed by atoms with Crippen molar-refractivity contribution in [3.05, 3.63) is 56.3 Å². The van der Waals surface area contributed by atoms with E-state index in [9.17, 15) is 20.6 Å². The number of nitrogens with zero attached hydrogens (tertiary/aromatic N) is 4. The maximum Gasteiger partial charge on any atom is 0.270 e. The molecule has 0 saturated carbocycles. The highest BCUT2D eigenvalue weighted by molar-refractivity contribution is 7.99. The Morgan fingerprint density at radius 3 is 2.43 bits per heavy atom. The smallest absolute Gasteiger partial charge is 0.258 e. The Morgan fingerprint density at radius 1 is 1.17 bits per heavy atom. The predicted molar refractivity (Wildman–Crippen MR) is 85.1 cm³/mol. The monoisotopic (exact) mass is 324 g/mol. The molecule has 0 atom stereocenters. The molecule has 0 fully saturated rings. The lowest BCUT2D eigenvalue weighted by atomic mass is 10.1. The molecule has 2 rings (SSSR count). The molecule has 0 N–H and O–H groups in total. The van der Waals surface area contributed by atoms with Gasteiger partial charge in [0.2, 0.25) is 0 Å². The van der Waals surface area contributed by atoms with Crippen LogP contribution in [-0.4, -0.2) is 9.91 Å². The summed E-state index contributed by atoms with van der Waals surface area (Å²) in [5, 5.41) is 29.9. The van der Waals surface area contributed by atoms with Gasteiger partial charge in [0.1, 0.15) is 17.2 Å². The van der Waals surface area contributed by atoms with E-state index >= 15 is 0 Å². The molecule has 0 aliphatic carbocycles. The summed E-state index contributed by atoms with van der Waals surface area (Å²) in [6.07, 6.45) is 0. The van der Waals surface area contributed by atoms with Crippen molar-refractivity contribution in [1.29, 1.82) is 10.5 Å². The Balaban J connectivity index is 2.55. The molecule has 0 aliphatic rings. The topological polar surface area (TPSA) is 104 Å². The molecular formula is C16H12N4O2S. The molecule has 1 aromatic heterocycles. The van der Waals surface area contributed by atoms with Gasteiger partial charge >= 0.3 is 0 Å². The first-order chi connectivity index (χ1) is 10.9. The van der Waals surface area contributed by atoms with Crippen LogP contribution in [0.3, 0.4) is 0 Å². The van der Waals surface area contributed by atoms with E-state index in [4.69, 9.17) is 0 Å². The summed E-state index contributed by atoms with van der Waals surface area (Å²) in [6, 6.07) is 8.17. The molecule has 0 radical (unpaired) electrons. The minimum atomic E-state index is -0.547. The molecule has 1 aromatic carbocycles. The molecule has 1 heterocycles. The van der Waals surface area contributed by atoms with E-state index in [1.54, 1.807) is 0 Å². The van der Waals surface area contributed by atoms with Crippen molar-refractivity contribution in [2.75, 3.05) is 0 Å². The summed E-state index contributed by atoms with van der Waals surface area (Å²) < 4.78 is 0. The van der Waals surface area contributed by atoms with Crippen LogP contribution < -0.4 is 0 Å². The summed E-state index contributed by atoms with van der Waals surface area (Å²) in [5.41, 5.74) is 3.11. The van der Waals surface area contributed by atoms with Crippen LogP contribution in [0.15, 0.2) is 28.1 Å². The van der Waals surface area contributed by atoms with Gasteiger partial charge in [-0.1, -0.05) is 11.8 Å². The number of nitriles is 2. The fourth-order valence-corrected chi connectivity index (χ4v) is 3.07. The summed E-state index contributed by atoms with van der Waals surface area (Å²) >= 11 is 1.17. The van der Waals surface area contributed by atoms with E-state index in [0.29, 0.717) is 15.5 Å². The van der Waals surface area contributed by atoms with Gasteiger partial charge in [-0.3, -0.25) is 10.1 Å². The van der Waals surface area contributed by atoms with Crippen LogP contribution in [-0.2, 0) is 0 Å². The van der Waals surface area contributed by atoms with Gasteiger partial charge in [-0.2, -0.15) is 10.5 Å². The fourth-order valence-electron chi connectivity index (χ4n) is 2.03. The van der Waals surface area contributed by atoms with Crippen molar-refractivity contribution in [2.24, 2.45) is 0 Å². The highest BCUT2D eigenvalue weighted by Gasteiger charge is 2.17. The van der Waals surface area contributed by atoms with Crippen LogP contribution in [0, 0.1) is 53.5 Å². The molecule has 0 bridgehead atoms. The van der Waals surface area contributed by atoms with Gasteiger partial charge in [0, 0.05) is 22.7 Å². The van der Waals surface area contributed by atoms with Crippen LogP contribution in [0.5, 0.6) is 0 Å². The molecule has 0 spiro atoms. The number of rotatable bonds is 3. The second-order valence-electron chi connectivity index (χ2n) is 4.89. The number of hydrogen-bond acceptors (Lipinski definition) is 6. The first-order valence-corrected chi connectivity index (χ1v) is 7.45. The van der Waals surface area contributed by atoms with Crippen LogP contribution in [0.1, 0.15) is 27.9 Å². The third-order valence-corrected chi connectivity index (χ3v) is 4.64. The number of benzene rings is 1. The number of nitro benzene ring substituents is 1. The number of aromatic nitrogens is 1. The first-order valence-electron chi connectivity index (χ1n) is 6.63. The highest BCUT2D eigenvalue weighted by Crippen LogP contribution is 2.35. The van der Waals surface area contributed by atoms with Gasteiger partial charge in [0.15, 0.2) is 0 Å². The van der Waals surface area contributed by atoms with Crippen LogP contribution in [0.4, 0.5) is 5.69 Å². The minimum absolute atomic E-state index is 0.143. The SMILES string of the molecule is Cc1nc(Sc2ccc([N+](=O)[O-])cc2C#N)c(C#N)c(C)c1C. The number of hydrogen-bond donors (Lipinski definition) is 0. The molecule has 2 aromatic rings. The zero-order valence-corrected chi connectivity index (χ0v) is 13.6. The summed E-state index contributed by atoms with van der Waals surface area (Å²) in [4.78, 5) is 15.2. The Labute approximate surface area is 137 Å². The number of nitro groups is 1. The lowest BCUT2D eigenvalue weighted by Crippen LogP contribution is -1.99. The number of non-ortho nitro benzene ring substituents is 1. The average molecular weight is 324 g/mol. The molecule has 0 unspecified atom stereocenters. The summed E-state index contributed by atoms with van der Waals surface area (Å²) in [7, 11) is 0. The second-order valence-corrected chi connectivity index (χ2v) is 5.92. The van der Waals surface area contributed by atoms with Crippen LogP contribution in [0.25, 0.3) is 0 Å². The predicted octanol–water partition coefficient (Wildman–Crippen LogP) is 3.81. The van der Waals surface area contributed by atoms with E-state index in [2.05, 4.69) is 11.1 Å². The van der Waals surface area contributed by atoms with Gasteiger partial charge in [-0.15, -0.1) is 0 Å². The number of pyridine rings is 1. The van der Waals surface area contributed by atoms with Crippen LogP contribution >= 0.6 is 11.8 Å². The van der Waals surface area contributed by atoms with Gasteiger partial charge in [0.25, 0.3) is 5.69 Å². The van der Waals surface area contributed by atoms with Crippen molar-refractivity contribution in [1.82, 2.24) is 4.98 Å². The Morgan fingerprint density at radius 2 is 1.87 bits per heavy atom. The first kappa shape index (κ1) is 16.5. The molecule has 0 aliphatic heterocycles. The summed E-state index contributed by atoms with van der Waals surface area (Å²) in [5.74, 6) is 0. The van der Waals surface area contributed by atoms with Crippen molar-refractivity contribution in [2.45, 2.75) is 30.7 Å². The lowest BCUT2D eigenvalue weighted by molar-refractivity contribution is -0.384. The third-order valence-electron chi connectivity index (χ3n) is 3.58. The van der Waals surface area contributed by atoms with Gasteiger partial charge in [-0.05, 0) is 38.0 Å². The maximum atomic E-state index is 10.8. The van der Waals surface area contributed by atoms with Gasteiger partial charge in [0.05, 0.1) is 16.1 Å². The second kappa shape index (κ2) is 6.47. The molecule has 6 nitrogen and oxygen atoms in total. The average Bonchev–Trinajstić information content (AvgIpc) is 2.53. The standard InChI is InChI=1S/C16H12N4O2S/c1-9-10(2)14(8-18)16(19-11(9)3)23-15-5-4-13(20(21)22)6-12(15)7-17/h4-6H,1-3H3. The Kier molecular flexibility index (Phi) is 4.63. The normalized spacial score (nSPS) is 9.96.